The molecule has 0 saturated carbocycles. The van der Waals surface area contributed by atoms with Crippen molar-refractivity contribution in [2.75, 3.05) is 4.90 Å². The maximum absolute atomic E-state index is 2.52. The van der Waals surface area contributed by atoms with Crippen LogP contribution in [0.2, 0.25) is 0 Å². The van der Waals surface area contributed by atoms with Gasteiger partial charge in [0.15, 0.2) is 0 Å². The maximum Gasteiger partial charge on any atom is 0.0449 e. The molecule has 1 heteroatoms. The first-order valence-corrected chi connectivity index (χ1v) is 12.3. The van der Waals surface area contributed by atoms with E-state index in [1.165, 1.54) is 55.9 Å². The fourth-order valence-electron chi connectivity index (χ4n) is 5.69. The van der Waals surface area contributed by atoms with E-state index in [1.807, 2.05) is 0 Å². The molecule has 0 aromatic heterocycles. The summed E-state index contributed by atoms with van der Waals surface area (Å²) in [6.07, 6.45) is 0. The average molecular weight is 446 g/mol. The molecule has 1 nitrogen and oxygen atoms in total. The predicted molar refractivity (Wildman–Crippen MR) is 147 cm³/mol. The Morgan fingerprint density at radius 3 is 1.97 bits per heavy atom. The van der Waals surface area contributed by atoms with Crippen molar-refractivity contribution in [1.82, 2.24) is 0 Å². The smallest absolute Gasteiger partial charge is 0.0449 e. The zero-order valence-electron chi connectivity index (χ0n) is 21.5. The van der Waals surface area contributed by atoms with Gasteiger partial charge >= 0.3 is 0 Å². The summed E-state index contributed by atoms with van der Waals surface area (Å²) < 4.78 is 0. The second-order valence-electron chi connectivity index (χ2n) is 11.2. The number of anilines is 2. The van der Waals surface area contributed by atoms with Crippen molar-refractivity contribution in [3.63, 3.8) is 0 Å². The summed E-state index contributed by atoms with van der Waals surface area (Å²) in [4.78, 5) is 2.52. The van der Waals surface area contributed by atoms with Crippen LogP contribution in [0.1, 0.15) is 56.9 Å². The van der Waals surface area contributed by atoms with Crippen molar-refractivity contribution in [2.45, 2.75) is 59.4 Å². The van der Waals surface area contributed by atoms with E-state index in [2.05, 4.69) is 138 Å². The van der Waals surface area contributed by atoms with Crippen LogP contribution >= 0.6 is 0 Å². The summed E-state index contributed by atoms with van der Waals surface area (Å²) in [6.45, 7) is 16.1. The van der Waals surface area contributed by atoms with Gasteiger partial charge in [-0.05, 0) is 97.3 Å². The minimum absolute atomic E-state index is 0.0596. The molecule has 0 fully saturated rings. The third kappa shape index (κ3) is 3.46. The quantitative estimate of drug-likeness (QED) is 0.304. The molecule has 0 unspecified atom stereocenters. The first kappa shape index (κ1) is 22.5. The SMILES string of the molecule is Cc1ccccc1N(c1cc2c(cc1C)-c1c(-c3ccccc3)cccc1C2(C)C)C(C)(C)C. The lowest BCUT2D eigenvalue weighted by atomic mass is 9.81. The number of benzene rings is 4. The van der Waals surface area contributed by atoms with Gasteiger partial charge in [-0.2, -0.15) is 0 Å². The first-order chi connectivity index (χ1) is 16.1. The molecule has 4 aromatic carbocycles. The van der Waals surface area contributed by atoms with Crippen molar-refractivity contribution in [1.29, 1.82) is 0 Å². The van der Waals surface area contributed by atoms with Crippen LogP contribution in [0.15, 0.2) is 84.9 Å². The van der Waals surface area contributed by atoms with Crippen LogP contribution in [0, 0.1) is 13.8 Å². The van der Waals surface area contributed by atoms with Gasteiger partial charge in [0.1, 0.15) is 0 Å². The van der Waals surface area contributed by atoms with Gasteiger partial charge in [-0.1, -0.05) is 80.6 Å². The van der Waals surface area contributed by atoms with E-state index in [1.54, 1.807) is 0 Å². The Hall–Kier alpha value is -3.32. The molecule has 1 aliphatic rings. The van der Waals surface area contributed by atoms with E-state index < -0.39 is 0 Å². The second kappa shape index (κ2) is 7.87. The highest BCUT2D eigenvalue weighted by molar-refractivity contribution is 5.94. The molecule has 0 atom stereocenters. The standard InChI is InChI=1S/C33H35N/c1-22-14-11-12-19-29(22)34(32(3,4)5)30-21-28-26(20-23(30)2)31-25(24-15-9-8-10-16-24)17-13-18-27(31)33(28,6)7/h8-21H,1-7H3. The van der Waals surface area contributed by atoms with E-state index in [0.29, 0.717) is 0 Å². The van der Waals surface area contributed by atoms with Crippen LogP contribution in [0.4, 0.5) is 11.4 Å². The maximum atomic E-state index is 2.52. The lowest BCUT2D eigenvalue weighted by Gasteiger charge is -2.40. The molecule has 0 saturated heterocycles. The molecule has 0 heterocycles. The van der Waals surface area contributed by atoms with E-state index in [-0.39, 0.29) is 11.0 Å². The minimum atomic E-state index is -0.0623. The third-order valence-electron chi connectivity index (χ3n) is 7.37. The molecule has 34 heavy (non-hydrogen) atoms. The molecule has 172 valence electrons. The fourth-order valence-corrected chi connectivity index (χ4v) is 5.69. The summed E-state index contributed by atoms with van der Waals surface area (Å²) in [6, 6.07) is 31.3. The molecule has 0 N–H and O–H groups in total. The molecule has 0 radical (unpaired) electrons. The van der Waals surface area contributed by atoms with Gasteiger partial charge in [0.05, 0.1) is 0 Å². The van der Waals surface area contributed by atoms with Crippen LogP contribution in [-0.2, 0) is 5.41 Å². The van der Waals surface area contributed by atoms with Crippen molar-refractivity contribution >= 4 is 11.4 Å². The number of rotatable bonds is 3. The Balaban J connectivity index is 1.77. The third-order valence-corrected chi connectivity index (χ3v) is 7.37. The van der Waals surface area contributed by atoms with Gasteiger partial charge < -0.3 is 4.90 Å². The molecule has 1 aliphatic carbocycles. The monoisotopic (exact) mass is 445 g/mol. The van der Waals surface area contributed by atoms with Gasteiger partial charge in [-0.3, -0.25) is 0 Å². The number of aryl methyl sites for hydroxylation is 2. The van der Waals surface area contributed by atoms with Gasteiger partial charge in [0.25, 0.3) is 0 Å². The van der Waals surface area contributed by atoms with Gasteiger partial charge in [-0.25, -0.2) is 0 Å². The molecule has 5 rings (SSSR count). The Morgan fingerprint density at radius 2 is 1.29 bits per heavy atom. The van der Waals surface area contributed by atoms with Crippen molar-refractivity contribution in [3.05, 3.63) is 107 Å². The Bertz CT molecular complexity index is 1370. The van der Waals surface area contributed by atoms with E-state index in [4.69, 9.17) is 0 Å². The lowest BCUT2D eigenvalue weighted by molar-refractivity contribution is 0.557. The summed E-state index contributed by atoms with van der Waals surface area (Å²) in [5.74, 6) is 0. The van der Waals surface area contributed by atoms with E-state index in [9.17, 15) is 0 Å². The number of para-hydroxylation sites is 1. The molecule has 4 aromatic rings. The van der Waals surface area contributed by atoms with Crippen molar-refractivity contribution in [2.24, 2.45) is 0 Å². The van der Waals surface area contributed by atoms with E-state index in [0.717, 1.165) is 0 Å². The topological polar surface area (TPSA) is 3.24 Å². The first-order valence-electron chi connectivity index (χ1n) is 12.3. The molecule has 0 spiro atoms. The number of hydrogen-bond acceptors (Lipinski definition) is 1. The minimum Gasteiger partial charge on any atom is -0.336 e. The predicted octanol–water partition coefficient (Wildman–Crippen LogP) is 9.21. The van der Waals surface area contributed by atoms with Gasteiger partial charge in [0, 0.05) is 22.3 Å². The molecule has 0 aliphatic heterocycles. The van der Waals surface area contributed by atoms with Crippen LogP contribution in [0.5, 0.6) is 0 Å². The highest BCUT2D eigenvalue weighted by atomic mass is 15.2. The summed E-state index contributed by atoms with van der Waals surface area (Å²) in [5, 5.41) is 0. The summed E-state index contributed by atoms with van der Waals surface area (Å²) >= 11 is 0. The summed E-state index contributed by atoms with van der Waals surface area (Å²) in [5.41, 5.74) is 13.2. The van der Waals surface area contributed by atoms with Crippen molar-refractivity contribution in [3.8, 4) is 22.3 Å². The average Bonchev–Trinajstić information content (AvgIpc) is 3.01. The van der Waals surface area contributed by atoms with Crippen LogP contribution in [0.3, 0.4) is 0 Å². The largest absolute Gasteiger partial charge is 0.336 e. The Morgan fingerprint density at radius 1 is 0.618 bits per heavy atom. The van der Waals surface area contributed by atoms with Crippen LogP contribution in [-0.4, -0.2) is 5.54 Å². The Kier molecular flexibility index (Phi) is 5.20. The molecule has 0 bridgehead atoms. The zero-order valence-corrected chi connectivity index (χ0v) is 21.5. The Labute approximate surface area is 205 Å². The van der Waals surface area contributed by atoms with Crippen molar-refractivity contribution < 1.29 is 0 Å². The number of nitrogens with zero attached hydrogens (tertiary/aromatic N) is 1. The molecular formula is C33H35N. The number of fused-ring (bicyclic) bond motifs is 3. The number of hydrogen-bond donors (Lipinski definition) is 0. The normalized spacial score (nSPS) is 14.0. The van der Waals surface area contributed by atoms with Crippen LogP contribution in [0.25, 0.3) is 22.3 Å². The van der Waals surface area contributed by atoms with Gasteiger partial charge in [0.2, 0.25) is 0 Å². The van der Waals surface area contributed by atoms with E-state index >= 15 is 0 Å². The highest BCUT2D eigenvalue weighted by Gasteiger charge is 2.38. The lowest BCUT2D eigenvalue weighted by Crippen LogP contribution is -2.38. The summed E-state index contributed by atoms with van der Waals surface area (Å²) in [7, 11) is 0. The molecular weight excluding hydrogens is 410 g/mol. The highest BCUT2D eigenvalue weighted by Crippen LogP contribution is 2.54. The zero-order chi connectivity index (χ0) is 24.3. The second-order valence-corrected chi connectivity index (χ2v) is 11.2. The van der Waals surface area contributed by atoms with Gasteiger partial charge in [-0.15, -0.1) is 0 Å². The molecule has 0 amide bonds. The van der Waals surface area contributed by atoms with Crippen LogP contribution < -0.4 is 4.90 Å². The fraction of sp³-hybridized carbons (Fsp3) is 0.273.